The molecule has 0 saturated heterocycles. The van der Waals surface area contributed by atoms with Crippen LogP contribution in [0.15, 0.2) is 22.7 Å². The van der Waals surface area contributed by atoms with Crippen LogP contribution in [0, 0.1) is 11.3 Å². The van der Waals surface area contributed by atoms with Crippen LogP contribution in [0.25, 0.3) is 0 Å². The molecule has 0 aromatic heterocycles. The molecule has 16 heavy (non-hydrogen) atoms. The van der Waals surface area contributed by atoms with Gasteiger partial charge in [0.05, 0.1) is 18.1 Å². The number of rotatable bonds is 3. The third kappa shape index (κ3) is 3.24. The van der Waals surface area contributed by atoms with Crippen molar-refractivity contribution in [2.45, 2.75) is 19.4 Å². The van der Waals surface area contributed by atoms with E-state index in [1.165, 1.54) is 0 Å². The number of hydrogen-bond acceptors (Lipinski definition) is 3. The van der Waals surface area contributed by atoms with Crippen molar-refractivity contribution in [3.63, 3.8) is 0 Å². The molecule has 3 N–H and O–H groups in total. The van der Waals surface area contributed by atoms with E-state index < -0.39 is 0 Å². The number of nitrogens with two attached hydrogens (primary N) is 1. The Morgan fingerprint density at radius 1 is 1.69 bits per heavy atom. The van der Waals surface area contributed by atoms with Crippen LogP contribution >= 0.6 is 15.9 Å². The normalized spacial score (nSPS) is 11.6. The number of nitriles is 1. The summed E-state index contributed by atoms with van der Waals surface area (Å²) < 4.78 is 0.826. The maximum absolute atomic E-state index is 11.7. The van der Waals surface area contributed by atoms with Gasteiger partial charge in [0.1, 0.15) is 0 Å². The average Bonchev–Trinajstić information content (AvgIpc) is 2.17. The second-order valence-electron chi connectivity index (χ2n) is 3.47. The van der Waals surface area contributed by atoms with Gasteiger partial charge in [0.2, 0.25) is 0 Å². The molecule has 0 bridgehead atoms. The van der Waals surface area contributed by atoms with Crippen LogP contribution in [0.2, 0.25) is 0 Å². The lowest BCUT2D eigenvalue weighted by Gasteiger charge is -2.11. The van der Waals surface area contributed by atoms with Gasteiger partial charge in [-0.2, -0.15) is 5.26 Å². The summed E-state index contributed by atoms with van der Waals surface area (Å²) in [5.74, 6) is -0.257. The van der Waals surface area contributed by atoms with E-state index in [0.717, 1.165) is 4.47 Å². The van der Waals surface area contributed by atoms with E-state index in [9.17, 15) is 4.79 Å². The molecule has 0 spiro atoms. The third-order valence-electron chi connectivity index (χ3n) is 2.03. The molecule has 1 aromatic rings. The summed E-state index contributed by atoms with van der Waals surface area (Å²) in [4.78, 5) is 11.7. The summed E-state index contributed by atoms with van der Waals surface area (Å²) in [5.41, 5.74) is 6.55. The minimum Gasteiger partial charge on any atom is -0.398 e. The Bertz CT molecular complexity index is 439. The Morgan fingerprint density at radius 2 is 2.38 bits per heavy atom. The van der Waals surface area contributed by atoms with Gasteiger partial charge in [-0.05, 0) is 25.1 Å². The molecule has 0 aliphatic heterocycles. The van der Waals surface area contributed by atoms with Crippen LogP contribution in [0.4, 0.5) is 5.69 Å². The van der Waals surface area contributed by atoms with E-state index in [0.29, 0.717) is 11.3 Å². The molecule has 0 saturated carbocycles. The molecule has 1 atom stereocenters. The molecule has 0 fully saturated rings. The van der Waals surface area contributed by atoms with Crippen molar-refractivity contribution in [2.24, 2.45) is 0 Å². The van der Waals surface area contributed by atoms with E-state index in [4.69, 9.17) is 11.0 Å². The predicted molar refractivity (Wildman–Crippen MR) is 65.7 cm³/mol. The van der Waals surface area contributed by atoms with Crippen molar-refractivity contribution in [3.8, 4) is 6.07 Å². The molecule has 1 unspecified atom stereocenters. The second kappa shape index (κ2) is 5.52. The van der Waals surface area contributed by atoms with Gasteiger partial charge in [0.15, 0.2) is 0 Å². The highest BCUT2D eigenvalue weighted by Crippen LogP contribution is 2.18. The summed E-state index contributed by atoms with van der Waals surface area (Å²) >= 11 is 3.27. The molecule has 0 heterocycles. The minimum atomic E-state index is -0.257. The number of carbonyl (C=O) groups is 1. The van der Waals surface area contributed by atoms with Crippen LogP contribution in [0.5, 0.6) is 0 Å². The minimum absolute atomic E-state index is 0.180. The number of anilines is 1. The summed E-state index contributed by atoms with van der Waals surface area (Å²) in [7, 11) is 0. The van der Waals surface area contributed by atoms with Gasteiger partial charge in [-0.3, -0.25) is 4.79 Å². The van der Waals surface area contributed by atoms with E-state index in [1.807, 2.05) is 6.07 Å². The van der Waals surface area contributed by atoms with E-state index >= 15 is 0 Å². The Labute approximate surface area is 103 Å². The number of benzene rings is 1. The number of carbonyl (C=O) groups excluding carboxylic acids is 1. The molecule has 1 rings (SSSR count). The number of amides is 1. The Balaban J connectivity index is 2.78. The second-order valence-corrected chi connectivity index (χ2v) is 4.38. The monoisotopic (exact) mass is 281 g/mol. The highest BCUT2D eigenvalue weighted by atomic mass is 79.9. The van der Waals surface area contributed by atoms with Crippen molar-refractivity contribution in [3.05, 3.63) is 28.2 Å². The highest BCUT2D eigenvalue weighted by molar-refractivity contribution is 9.10. The Morgan fingerprint density at radius 3 is 2.94 bits per heavy atom. The van der Waals surface area contributed by atoms with Crippen molar-refractivity contribution in [1.82, 2.24) is 5.32 Å². The topological polar surface area (TPSA) is 78.9 Å². The first-order valence-corrected chi connectivity index (χ1v) is 5.56. The standard InChI is InChI=1S/C11H12BrN3O/c1-7(4-5-13)15-11(16)9-3-2-8(12)6-10(9)14/h2-3,6-7H,4,14H2,1H3,(H,15,16). The molecule has 4 nitrogen and oxygen atoms in total. The van der Waals surface area contributed by atoms with Crippen molar-refractivity contribution >= 4 is 27.5 Å². The van der Waals surface area contributed by atoms with Gasteiger partial charge in [0, 0.05) is 16.2 Å². The van der Waals surface area contributed by atoms with E-state index in [2.05, 4.69) is 21.2 Å². The summed E-state index contributed by atoms with van der Waals surface area (Å²) in [6.07, 6.45) is 0.280. The van der Waals surface area contributed by atoms with Crippen LogP contribution in [-0.2, 0) is 0 Å². The molecule has 0 aliphatic rings. The Kier molecular flexibility index (Phi) is 4.32. The first-order valence-electron chi connectivity index (χ1n) is 4.77. The maximum atomic E-state index is 11.7. The van der Waals surface area contributed by atoms with Crippen molar-refractivity contribution in [1.29, 1.82) is 5.26 Å². The first-order chi connectivity index (χ1) is 7.54. The van der Waals surface area contributed by atoms with E-state index in [1.54, 1.807) is 25.1 Å². The fourth-order valence-electron chi connectivity index (χ4n) is 1.23. The molecule has 0 radical (unpaired) electrons. The number of nitrogens with one attached hydrogen (secondary N) is 1. The maximum Gasteiger partial charge on any atom is 0.253 e. The van der Waals surface area contributed by atoms with Gasteiger partial charge in [-0.15, -0.1) is 0 Å². The molecule has 1 amide bonds. The van der Waals surface area contributed by atoms with E-state index in [-0.39, 0.29) is 18.4 Å². The number of nitrogens with zero attached hydrogens (tertiary/aromatic N) is 1. The largest absolute Gasteiger partial charge is 0.398 e. The molecular weight excluding hydrogens is 270 g/mol. The van der Waals surface area contributed by atoms with Crippen molar-refractivity contribution in [2.75, 3.05) is 5.73 Å². The average molecular weight is 282 g/mol. The molecule has 1 aromatic carbocycles. The predicted octanol–water partition coefficient (Wildman–Crippen LogP) is 2.06. The zero-order valence-corrected chi connectivity index (χ0v) is 10.4. The zero-order valence-electron chi connectivity index (χ0n) is 8.83. The van der Waals surface area contributed by atoms with Crippen LogP contribution < -0.4 is 11.1 Å². The van der Waals surface area contributed by atoms with Crippen molar-refractivity contribution < 1.29 is 4.79 Å². The van der Waals surface area contributed by atoms with Crippen LogP contribution in [0.1, 0.15) is 23.7 Å². The van der Waals surface area contributed by atoms with Gasteiger partial charge in [-0.25, -0.2) is 0 Å². The smallest absolute Gasteiger partial charge is 0.253 e. The van der Waals surface area contributed by atoms with Gasteiger partial charge >= 0.3 is 0 Å². The quantitative estimate of drug-likeness (QED) is 0.833. The Hall–Kier alpha value is -1.54. The number of nitrogen functional groups attached to an aromatic ring is 1. The summed E-state index contributed by atoms with van der Waals surface area (Å²) in [6, 6.07) is 6.88. The molecular formula is C11H12BrN3O. The lowest BCUT2D eigenvalue weighted by Crippen LogP contribution is -2.32. The summed E-state index contributed by atoms with van der Waals surface area (Å²) in [5, 5.41) is 11.2. The lowest BCUT2D eigenvalue weighted by molar-refractivity contribution is 0.0941. The fourth-order valence-corrected chi connectivity index (χ4v) is 1.61. The van der Waals surface area contributed by atoms with Crippen LogP contribution in [0.3, 0.4) is 0 Å². The first kappa shape index (κ1) is 12.5. The third-order valence-corrected chi connectivity index (χ3v) is 2.53. The van der Waals surface area contributed by atoms with Gasteiger partial charge < -0.3 is 11.1 Å². The number of halogens is 1. The summed E-state index contributed by atoms with van der Waals surface area (Å²) in [6.45, 7) is 1.77. The lowest BCUT2D eigenvalue weighted by atomic mass is 10.1. The molecule has 5 heteroatoms. The van der Waals surface area contributed by atoms with Gasteiger partial charge in [-0.1, -0.05) is 15.9 Å². The highest BCUT2D eigenvalue weighted by Gasteiger charge is 2.12. The SMILES string of the molecule is CC(CC#N)NC(=O)c1ccc(Br)cc1N. The van der Waals surface area contributed by atoms with Gasteiger partial charge in [0.25, 0.3) is 5.91 Å². The van der Waals surface area contributed by atoms with Crippen LogP contribution in [-0.4, -0.2) is 11.9 Å². The number of hydrogen-bond donors (Lipinski definition) is 2. The zero-order chi connectivity index (χ0) is 12.1. The molecule has 84 valence electrons. The fraction of sp³-hybridized carbons (Fsp3) is 0.273. The molecule has 0 aliphatic carbocycles.